The van der Waals surface area contributed by atoms with E-state index in [-0.39, 0.29) is 6.54 Å². The maximum Gasteiger partial charge on any atom is 0.343 e. The van der Waals surface area contributed by atoms with Crippen LogP contribution in [0.5, 0.6) is 0 Å². The molecule has 172 valence electrons. The van der Waals surface area contributed by atoms with E-state index in [0.717, 1.165) is 0 Å². The molecule has 1 aromatic carbocycles. The van der Waals surface area contributed by atoms with Gasteiger partial charge < -0.3 is 9.47 Å². The molecule has 2 saturated heterocycles. The maximum atomic E-state index is 13.7. The molecule has 2 fully saturated rings. The van der Waals surface area contributed by atoms with Gasteiger partial charge in [-0.2, -0.15) is 12.7 Å². The van der Waals surface area contributed by atoms with Crippen LogP contribution in [-0.4, -0.2) is 76.1 Å². The Morgan fingerprint density at radius 1 is 1.22 bits per heavy atom. The lowest BCUT2D eigenvalue weighted by Crippen LogP contribution is -2.59. The van der Waals surface area contributed by atoms with E-state index >= 15 is 0 Å². The summed E-state index contributed by atoms with van der Waals surface area (Å²) in [4.78, 5) is 17.0. The fourth-order valence-electron chi connectivity index (χ4n) is 3.77. The summed E-state index contributed by atoms with van der Waals surface area (Å²) in [5.41, 5.74) is 1.44. The Kier molecular flexibility index (Phi) is 6.96. The molecule has 9 nitrogen and oxygen atoms in total. The highest BCUT2D eigenvalue weighted by Gasteiger charge is 2.36. The maximum absolute atomic E-state index is 13.7. The number of hydrogen-bond donors (Lipinski definition) is 0. The molecule has 0 spiro atoms. The number of pyridine rings is 1. The van der Waals surface area contributed by atoms with Crippen LogP contribution < -0.4 is 9.29 Å². The number of ether oxygens (including phenoxy) is 2. The first-order valence-corrected chi connectivity index (χ1v) is 12.1. The highest BCUT2D eigenvalue weighted by molar-refractivity contribution is 7.90. The zero-order valence-corrected chi connectivity index (χ0v) is 19.3. The third kappa shape index (κ3) is 4.89. The smallest absolute Gasteiger partial charge is 0.343 e. The fraction of sp³-hybridized carbons (Fsp3) is 0.429. The van der Waals surface area contributed by atoms with E-state index in [0.29, 0.717) is 67.4 Å². The number of methoxy groups -OCH3 is 1. The van der Waals surface area contributed by atoms with Crippen molar-refractivity contribution in [3.05, 3.63) is 58.9 Å². The quantitative estimate of drug-likeness (QED) is 0.552. The Bertz CT molecular complexity index is 1050. The van der Waals surface area contributed by atoms with E-state index in [1.54, 1.807) is 36.4 Å². The number of aromatic nitrogens is 1. The van der Waals surface area contributed by atoms with E-state index in [1.807, 2.05) is 0 Å². The topological polar surface area (TPSA) is 93.5 Å². The number of nitrogens with one attached hydrogen (secondary N) is 1. The minimum absolute atomic E-state index is 0.0564. The largest absolute Gasteiger partial charge is 0.465 e. The van der Waals surface area contributed by atoms with Gasteiger partial charge in [0.05, 0.1) is 32.1 Å². The standard InChI is InChI=1S/C21H25ClN4O5S/c1-30-21(27)16-5-6-18(23-12-16)13-26(19-4-2-3-17(22)11-19)32(28,29)25-9-7-24(8-10-25)20-14-31-15-20/h2-6,11-12,20H,7-10,13-15H2,1H3/p+1. The van der Waals surface area contributed by atoms with Gasteiger partial charge in [-0.1, -0.05) is 17.7 Å². The minimum Gasteiger partial charge on any atom is -0.465 e. The van der Waals surface area contributed by atoms with Crippen LogP contribution in [0.4, 0.5) is 5.69 Å². The zero-order valence-electron chi connectivity index (χ0n) is 17.7. The van der Waals surface area contributed by atoms with Crippen molar-refractivity contribution in [1.82, 2.24) is 9.21 Å². The second-order valence-corrected chi connectivity index (χ2v) is 10.0. The molecule has 32 heavy (non-hydrogen) atoms. The number of nitrogens with zero attached hydrogens (tertiary/aromatic N) is 3. The lowest BCUT2D eigenvalue weighted by atomic mass is 10.2. The van der Waals surface area contributed by atoms with E-state index in [4.69, 9.17) is 21.1 Å². The van der Waals surface area contributed by atoms with Crippen LogP contribution in [0.2, 0.25) is 5.02 Å². The second kappa shape index (κ2) is 9.72. The van der Waals surface area contributed by atoms with Gasteiger partial charge in [-0.3, -0.25) is 4.90 Å². The van der Waals surface area contributed by atoms with Crippen LogP contribution in [-0.2, 0) is 26.2 Å². The predicted molar refractivity (Wildman–Crippen MR) is 119 cm³/mol. The summed E-state index contributed by atoms with van der Waals surface area (Å²) >= 11 is 6.16. The number of anilines is 1. The van der Waals surface area contributed by atoms with Crippen molar-refractivity contribution >= 4 is 33.5 Å². The normalized spacial score (nSPS) is 18.2. The number of rotatable bonds is 7. The summed E-state index contributed by atoms with van der Waals surface area (Å²) in [7, 11) is -2.52. The monoisotopic (exact) mass is 481 g/mol. The average molecular weight is 482 g/mol. The Morgan fingerprint density at radius 3 is 2.53 bits per heavy atom. The average Bonchev–Trinajstić information content (AvgIpc) is 2.76. The molecular formula is C21H26ClN4O5S+. The number of halogens is 1. The highest BCUT2D eigenvalue weighted by Crippen LogP contribution is 2.26. The van der Waals surface area contributed by atoms with Crippen LogP contribution in [0.15, 0.2) is 42.6 Å². The van der Waals surface area contributed by atoms with E-state index in [9.17, 15) is 13.2 Å². The van der Waals surface area contributed by atoms with Crippen LogP contribution >= 0.6 is 11.6 Å². The number of piperazine rings is 1. The first-order valence-electron chi connectivity index (χ1n) is 10.3. The molecule has 0 radical (unpaired) electrons. The third-order valence-electron chi connectivity index (χ3n) is 5.72. The summed E-state index contributed by atoms with van der Waals surface area (Å²) in [5, 5.41) is 0.447. The molecule has 0 aliphatic carbocycles. The molecule has 11 heteroatoms. The molecule has 0 amide bonds. The number of carbonyl (C=O) groups excluding carboxylic acids is 1. The fourth-order valence-corrected chi connectivity index (χ4v) is 5.54. The Hall–Kier alpha value is -2.24. The third-order valence-corrected chi connectivity index (χ3v) is 7.87. The lowest BCUT2D eigenvalue weighted by Gasteiger charge is -2.43. The van der Waals surface area contributed by atoms with Gasteiger partial charge in [-0.05, 0) is 24.3 Å². The van der Waals surface area contributed by atoms with Crippen molar-refractivity contribution in [3.8, 4) is 0 Å². The number of esters is 1. The lowest BCUT2D eigenvalue weighted by molar-refractivity contribution is -0.390. The number of hydrogen-bond acceptors (Lipinski definition) is 6. The van der Waals surface area contributed by atoms with Gasteiger partial charge >= 0.3 is 16.2 Å². The molecule has 2 aliphatic heterocycles. The van der Waals surface area contributed by atoms with Gasteiger partial charge in [-0.25, -0.2) is 14.1 Å². The van der Waals surface area contributed by atoms with Gasteiger partial charge in [0.1, 0.15) is 12.1 Å². The summed E-state index contributed by atoms with van der Waals surface area (Å²) in [6.07, 6.45) is 1.50. The number of carbonyl (C=O) groups is 1. The molecule has 3 heterocycles. The summed E-state index contributed by atoms with van der Waals surface area (Å²) in [6.45, 7) is 3.60. The Morgan fingerprint density at radius 2 is 1.97 bits per heavy atom. The van der Waals surface area contributed by atoms with Crippen LogP contribution in [0.1, 0.15) is 16.1 Å². The number of benzene rings is 1. The first-order chi connectivity index (χ1) is 15.4. The van der Waals surface area contributed by atoms with Gasteiger partial charge in [-0.15, -0.1) is 0 Å². The van der Waals surface area contributed by atoms with Crippen molar-refractivity contribution < 1.29 is 27.7 Å². The summed E-state index contributed by atoms with van der Waals surface area (Å²) in [5.74, 6) is -0.471. The molecule has 1 aromatic heterocycles. The van der Waals surface area contributed by atoms with Crippen molar-refractivity contribution in [1.29, 1.82) is 0 Å². The minimum atomic E-state index is -3.82. The molecule has 0 unspecified atom stereocenters. The van der Waals surface area contributed by atoms with Crippen LogP contribution in [0, 0.1) is 0 Å². The van der Waals surface area contributed by atoms with Crippen LogP contribution in [0.25, 0.3) is 0 Å². The van der Waals surface area contributed by atoms with Gasteiger partial charge in [0, 0.05) is 37.3 Å². The molecule has 0 atom stereocenters. The predicted octanol–water partition coefficient (Wildman–Crippen LogP) is 1.21. The summed E-state index contributed by atoms with van der Waals surface area (Å²) in [6, 6.07) is 10.4. The molecule has 2 aromatic rings. The zero-order chi connectivity index (χ0) is 22.7. The van der Waals surface area contributed by atoms with E-state index in [2.05, 4.69) is 9.88 Å². The molecular weight excluding hydrogens is 456 g/mol. The Balaban J connectivity index is 1.57. The van der Waals surface area contributed by atoms with Crippen molar-refractivity contribution in [2.75, 3.05) is 50.8 Å². The van der Waals surface area contributed by atoms with Crippen molar-refractivity contribution in [3.63, 3.8) is 0 Å². The Labute approximate surface area is 192 Å². The molecule has 4 rings (SSSR count). The SMILES string of the molecule is COC(=O)c1ccc(CN(c2cccc(Cl)c2)S(=O)(=O)N2CCN(C3COC3)CC2)[nH+]c1. The van der Waals surface area contributed by atoms with Crippen molar-refractivity contribution in [2.45, 2.75) is 12.6 Å². The molecule has 0 bridgehead atoms. The number of H-pyrrole nitrogens is 1. The van der Waals surface area contributed by atoms with E-state index < -0.39 is 16.2 Å². The number of aromatic amines is 1. The summed E-state index contributed by atoms with van der Waals surface area (Å²) < 4.78 is 40.1. The first kappa shape index (κ1) is 22.9. The van der Waals surface area contributed by atoms with Gasteiger partial charge in [0.15, 0.2) is 11.9 Å². The van der Waals surface area contributed by atoms with Gasteiger partial charge in [0.2, 0.25) is 0 Å². The molecule has 2 aliphatic rings. The molecule has 1 N–H and O–H groups in total. The second-order valence-electron chi connectivity index (χ2n) is 7.71. The van der Waals surface area contributed by atoms with E-state index in [1.165, 1.54) is 21.9 Å². The van der Waals surface area contributed by atoms with Crippen LogP contribution in [0.3, 0.4) is 0 Å². The molecule has 0 saturated carbocycles. The van der Waals surface area contributed by atoms with Gasteiger partial charge in [0.25, 0.3) is 0 Å². The van der Waals surface area contributed by atoms with Crippen molar-refractivity contribution in [2.24, 2.45) is 0 Å². The highest BCUT2D eigenvalue weighted by atomic mass is 35.5.